The molecular formula is C12H18N2. The number of aromatic nitrogens is 1. The minimum Gasteiger partial charge on any atom is -0.307 e. The van der Waals surface area contributed by atoms with Crippen molar-refractivity contribution in [3.8, 4) is 0 Å². The van der Waals surface area contributed by atoms with E-state index in [1.807, 2.05) is 12.3 Å². The molecule has 2 heteroatoms. The molecule has 0 bridgehead atoms. The van der Waals surface area contributed by atoms with Crippen LogP contribution in [0, 0.1) is 0 Å². The van der Waals surface area contributed by atoms with Crippen molar-refractivity contribution in [2.24, 2.45) is 0 Å². The summed E-state index contributed by atoms with van der Waals surface area (Å²) in [5, 5.41) is 3.41. The number of nitrogens with zero attached hydrogens (tertiary/aromatic N) is 1. The first-order valence-corrected chi connectivity index (χ1v) is 4.97. The topological polar surface area (TPSA) is 24.9 Å². The molecule has 0 saturated heterocycles. The molecule has 1 heterocycles. The van der Waals surface area contributed by atoms with Crippen LogP contribution in [0.5, 0.6) is 0 Å². The summed E-state index contributed by atoms with van der Waals surface area (Å²) in [6.07, 6.45) is 5.89. The van der Waals surface area contributed by atoms with Crippen molar-refractivity contribution in [1.29, 1.82) is 0 Å². The molecule has 0 aliphatic rings. The molecule has 0 aliphatic heterocycles. The Kier molecular flexibility index (Phi) is 4.33. The highest BCUT2D eigenvalue weighted by atomic mass is 14.9. The van der Waals surface area contributed by atoms with Crippen LogP contribution in [0.2, 0.25) is 0 Å². The molecule has 0 aromatic carbocycles. The van der Waals surface area contributed by atoms with Crippen molar-refractivity contribution in [2.45, 2.75) is 26.8 Å². The van der Waals surface area contributed by atoms with Crippen molar-refractivity contribution in [3.63, 3.8) is 0 Å². The predicted octanol–water partition coefficient (Wildman–Crippen LogP) is 2.70. The van der Waals surface area contributed by atoms with E-state index >= 15 is 0 Å². The zero-order valence-electron chi connectivity index (χ0n) is 9.12. The lowest BCUT2D eigenvalue weighted by Gasteiger charge is -2.11. The van der Waals surface area contributed by atoms with E-state index in [0.29, 0.717) is 6.04 Å². The van der Waals surface area contributed by atoms with E-state index in [-0.39, 0.29) is 0 Å². The van der Waals surface area contributed by atoms with Gasteiger partial charge in [-0.15, -0.1) is 0 Å². The summed E-state index contributed by atoms with van der Waals surface area (Å²) < 4.78 is 0. The van der Waals surface area contributed by atoms with Gasteiger partial charge in [-0.1, -0.05) is 17.7 Å². The molecule has 0 spiro atoms. The van der Waals surface area contributed by atoms with Gasteiger partial charge in [0.2, 0.25) is 0 Å². The van der Waals surface area contributed by atoms with E-state index in [4.69, 9.17) is 0 Å². The van der Waals surface area contributed by atoms with Gasteiger partial charge in [-0.05, 0) is 32.4 Å². The quantitative estimate of drug-likeness (QED) is 0.738. The lowest BCUT2D eigenvalue weighted by atomic mass is 10.1. The second kappa shape index (κ2) is 5.55. The normalized spacial score (nSPS) is 12.2. The molecule has 14 heavy (non-hydrogen) atoms. The first-order valence-electron chi connectivity index (χ1n) is 4.97. The Morgan fingerprint density at radius 2 is 2.36 bits per heavy atom. The molecule has 0 radical (unpaired) electrons. The van der Waals surface area contributed by atoms with Crippen molar-refractivity contribution < 1.29 is 0 Å². The van der Waals surface area contributed by atoms with Crippen molar-refractivity contribution >= 4 is 0 Å². The molecule has 76 valence electrons. The number of nitrogens with one attached hydrogen (secondary N) is 1. The number of rotatable bonds is 4. The molecule has 1 rings (SSSR count). The van der Waals surface area contributed by atoms with Gasteiger partial charge < -0.3 is 5.32 Å². The zero-order valence-corrected chi connectivity index (χ0v) is 9.12. The minimum absolute atomic E-state index is 0.360. The van der Waals surface area contributed by atoms with Crippen LogP contribution in [0.3, 0.4) is 0 Å². The molecule has 1 atom stereocenters. The Morgan fingerprint density at radius 1 is 1.57 bits per heavy atom. The first-order chi connectivity index (χ1) is 6.70. The fourth-order valence-electron chi connectivity index (χ4n) is 1.19. The predicted molar refractivity (Wildman–Crippen MR) is 60.1 cm³/mol. The van der Waals surface area contributed by atoms with Gasteiger partial charge in [-0.2, -0.15) is 0 Å². The molecule has 0 amide bonds. The second-order valence-corrected chi connectivity index (χ2v) is 3.70. The molecule has 0 fully saturated rings. The number of allylic oxidation sites excluding steroid dienone is 1. The zero-order chi connectivity index (χ0) is 10.4. The average molecular weight is 190 g/mol. The van der Waals surface area contributed by atoms with Crippen LogP contribution in [-0.4, -0.2) is 11.5 Å². The van der Waals surface area contributed by atoms with Gasteiger partial charge >= 0.3 is 0 Å². The third-order valence-electron chi connectivity index (χ3n) is 2.12. The molecule has 0 unspecified atom stereocenters. The summed E-state index contributed by atoms with van der Waals surface area (Å²) in [6, 6.07) is 4.42. The lowest BCUT2D eigenvalue weighted by Crippen LogP contribution is -2.18. The third-order valence-corrected chi connectivity index (χ3v) is 2.12. The highest BCUT2D eigenvalue weighted by molar-refractivity contribution is 5.13. The summed E-state index contributed by atoms with van der Waals surface area (Å²) in [4.78, 5) is 4.09. The van der Waals surface area contributed by atoms with Crippen LogP contribution < -0.4 is 5.32 Å². The molecule has 0 aliphatic carbocycles. The highest BCUT2D eigenvalue weighted by Gasteiger charge is 2.01. The maximum atomic E-state index is 4.09. The largest absolute Gasteiger partial charge is 0.307 e. The fraction of sp³-hybridized carbons (Fsp3) is 0.417. The van der Waals surface area contributed by atoms with Gasteiger partial charge in [0.15, 0.2) is 0 Å². The Morgan fingerprint density at radius 3 is 2.93 bits per heavy atom. The Balaban J connectivity index is 2.43. The van der Waals surface area contributed by atoms with Crippen LogP contribution in [0.15, 0.2) is 36.2 Å². The Hall–Kier alpha value is -1.15. The van der Waals surface area contributed by atoms with E-state index in [0.717, 1.165) is 6.54 Å². The van der Waals surface area contributed by atoms with Gasteiger partial charge in [0.1, 0.15) is 0 Å². The molecule has 2 nitrogen and oxygen atoms in total. The van der Waals surface area contributed by atoms with Gasteiger partial charge in [0.05, 0.1) is 0 Å². The second-order valence-electron chi connectivity index (χ2n) is 3.70. The monoisotopic (exact) mass is 190 g/mol. The molecule has 1 aromatic rings. The average Bonchev–Trinajstić information content (AvgIpc) is 2.18. The van der Waals surface area contributed by atoms with E-state index < -0.39 is 0 Å². The molecule has 1 aromatic heterocycles. The van der Waals surface area contributed by atoms with Crippen LogP contribution in [0.25, 0.3) is 0 Å². The smallest absolute Gasteiger partial charge is 0.0315 e. The molecular weight excluding hydrogens is 172 g/mol. The van der Waals surface area contributed by atoms with E-state index in [1.54, 1.807) is 6.20 Å². The first kappa shape index (κ1) is 10.9. The summed E-state index contributed by atoms with van der Waals surface area (Å²) >= 11 is 0. The summed E-state index contributed by atoms with van der Waals surface area (Å²) in [5.74, 6) is 0. The Bertz CT molecular complexity index is 286. The highest BCUT2D eigenvalue weighted by Crippen LogP contribution is 2.08. The SMILES string of the molecule is CC(C)=CCN[C@H](C)c1cccnc1. The van der Waals surface area contributed by atoms with E-state index in [1.165, 1.54) is 11.1 Å². The summed E-state index contributed by atoms with van der Waals surface area (Å²) in [7, 11) is 0. The maximum Gasteiger partial charge on any atom is 0.0315 e. The lowest BCUT2D eigenvalue weighted by molar-refractivity contribution is 0.614. The number of pyridine rings is 1. The van der Waals surface area contributed by atoms with Gasteiger partial charge in [0.25, 0.3) is 0 Å². The maximum absolute atomic E-state index is 4.09. The third kappa shape index (κ3) is 3.71. The Labute approximate surface area is 86.1 Å². The van der Waals surface area contributed by atoms with Gasteiger partial charge in [0, 0.05) is 25.0 Å². The summed E-state index contributed by atoms with van der Waals surface area (Å²) in [5.41, 5.74) is 2.57. The van der Waals surface area contributed by atoms with Crippen LogP contribution in [0.1, 0.15) is 32.4 Å². The van der Waals surface area contributed by atoms with Crippen molar-refractivity contribution in [2.75, 3.05) is 6.54 Å². The van der Waals surface area contributed by atoms with Crippen LogP contribution in [0.4, 0.5) is 0 Å². The molecule has 1 N–H and O–H groups in total. The van der Waals surface area contributed by atoms with Gasteiger partial charge in [-0.25, -0.2) is 0 Å². The van der Waals surface area contributed by atoms with Crippen molar-refractivity contribution in [3.05, 3.63) is 41.7 Å². The number of hydrogen-bond acceptors (Lipinski definition) is 2. The van der Waals surface area contributed by atoms with Crippen LogP contribution >= 0.6 is 0 Å². The molecule has 0 saturated carbocycles. The van der Waals surface area contributed by atoms with Crippen LogP contribution in [-0.2, 0) is 0 Å². The van der Waals surface area contributed by atoms with E-state index in [9.17, 15) is 0 Å². The van der Waals surface area contributed by atoms with E-state index in [2.05, 4.69) is 43.2 Å². The standard InChI is InChI=1S/C12H18N2/c1-10(2)6-8-14-11(3)12-5-4-7-13-9-12/h4-7,9,11,14H,8H2,1-3H3/t11-/m1/s1. The fourth-order valence-corrected chi connectivity index (χ4v) is 1.19. The van der Waals surface area contributed by atoms with Gasteiger partial charge in [-0.3, -0.25) is 4.98 Å². The minimum atomic E-state index is 0.360. The van der Waals surface area contributed by atoms with Crippen molar-refractivity contribution in [1.82, 2.24) is 10.3 Å². The number of hydrogen-bond donors (Lipinski definition) is 1. The summed E-state index contributed by atoms with van der Waals surface area (Å²) in [6.45, 7) is 7.28.